The van der Waals surface area contributed by atoms with Crippen LogP contribution in [0.25, 0.3) is 10.9 Å². The first-order valence-corrected chi connectivity index (χ1v) is 9.59. The molecule has 0 fully saturated rings. The van der Waals surface area contributed by atoms with Crippen LogP contribution in [0.1, 0.15) is 12.0 Å². The first-order chi connectivity index (χ1) is 11.8. The minimum atomic E-state index is 0. The summed E-state index contributed by atoms with van der Waals surface area (Å²) in [4.78, 5) is 4.58. The number of pyridine rings is 1. The van der Waals surface area contributed by atoms with Gasteiger partial charge in [-0.05, 0) is 0 Å². The standard InChI is InChI=1S/C12H10Cl.C9H6N.2ClH.Cr/c13-12-7-5-11(6-8-12)9-10-3-1-2-4-10;1-2-6-9-8(4-1)5-3-7-10-9;;;/h3-8H,1,9H2;1-5,7H;2*1H;. The van der Waals surface area contributed by atoms with E-state index in [1.165, 1.54) is 25.4 Å². The Hall–Kier alpha value is -1.27. The maximum atomic E-state index is 5.96. The summed E-state index contributed by atoms with van der Waals surface area (Å²) >= 11 is 6.29. The van der Waals surface area contributed by atoms with E-state index in [1.807, 2.05) is 24.4 Å². The Balaban J connectivity index is 0.00000121. The van der Waals surface area contributed by atoms with Gasteiger partial charge in [-0.3, -0.25) is 0 Å². The van der Waals surface area contributed by atoms with Gasteiger partial charge in [0.25, 0.3) is 0 Å². The summed E-state index contributed by atoms with van der Waals surface area (Å²) < 4.78 is 2.89. The molecule has 5 heteroatoms. The first kappa shape index (κ1) is 21.0. The van der Waals surface area contributed by atoms with Gasteiger partial charge in [-0.25, -0.2) is 0 Å². The molecule has 1 nitrogen and oxygen atoms in total. The quantitative estimate of drug-likeness (QED) is 0.490. The second-order valence-corrected chi connectivity index (χ2v) is 8.09. The van der Waals surface area contributed by atoms with Crippen LogP contribution in [0.4, 0.5) is 0 Å². The van der Waals surface area contributed by atoms with Gasteiger partial charge in [0, 0.05) is 0 Å². The summed E-state index contributed by atoms with van der Waals surface area (Å²) in [6.07, 6.45) is 8.65. The maximum absolute atomic E-state index is 5.96. The molecule has 0 radical (unpaired) electrons. The molecular formula is C21H18Cl3CrN. The molecule has 1 aliphatic rings. The number of hydrogen-bond donors (Lipinski definition) is 0. The van der Waals surface area contributed by atoms with Gasteiger partial charge < -0.3 is 0 Å². The number of benzene rings is 2. The van der Waals surface area contributed by atoms with Crippen molar-refractivity contribution in [2.24, 2.45) is 0 Å². The number of aromatic nitrogens is 1. The van der Waals surface area contributed by atoms with Crippen LogP contribution >= 0.6 is 36.4 Å². The third-order valence-corrected chi connectivity index (χ3v) is 6.03. The molecule has 0 bridgehead atoms. The zero-order valence-corrected chi connectivity index (χ0v) is 17.6. The number of rotatable bonds is 4. The summed E-state index contributed by atoms with van der Waals surface area (Å²) in [5.74, 6) is 0. The zero-order chi connectivity index (χ0) is 16.4. The summed E-state index contributed by atoms with van der Waals surface area (Å²) in [5, 5.41) is 2.02. The summed E-state index contributed by atoms with van der Waals surface area (Å²) in [7, 11) is 0. The summed E-state index contributed by atoms with van der Waals surface area (Å²) in [5.41, 5.74) is 3.86. The molecule has 134 valence electrons. The van der Waals surface area contributed by atoms with E-state index in [0.717, 1.165) is 23.4 Å². The fourth-order valence-corrected chi connectivity index (χ4v) is 4.69. The van der Waals surface area contributed by atoms with E-state index in [2.05, 4.69) is 53.5 Å². The molecule has 0 spiro atoms. The summed E-state index contributed by atoms with van der Waals surface area (Å²) in [6.45, 7) is 0. The molecule has 1 aromatic heterocycles. The van der Waals surface area contributed by atoms with Gasteiger partial charge in [-0.1, -0.05) is 0 Å². The van der Waals surface area contributed by atoms with E-state index in [0.29, 0.717) is 15.2 Å². The minimum absolute atomic E-state index is 0. The zero-order valence-electron chi connectivity index (χ0n) is 13.9. The van der Waals surface area contributed by atoms with Crippen molar-refractivity contribution in [2.45, 2.75) is 12.8 Å². The molecule has 1 aliphatic carbocycles. The molecule has 0 saturated heterocycles. The number of halogens is 3. The molecule has 0 unspecified atom stereocenters. The fraction of sp³-hybridized carbons (Fsp3) is 0.0952. The molecule has 0 aliphatic heterocycles. The van der Waals surface area contributed by atoms with E-state index in [4.69, 9.17) is 11.6 Å². The second kappa shape index (κ2) is 9.61. The predicted octanol–water partition coefficient (Wildman–Crippen LogP) is 5.90. The predicted molar refractivity (Wildman–Crippen MR) is 112 cm³/mol. The molecule has 2 aromatic carbocycles. The van der Waals surface area contributed by atoms with Gasteiger partial charge >= 0.3 is 154 Å². The van der Waals surface area contributed by atoms with E-state index < -0.39 is 0 Å². The van der Waals surface area contributed by atoms with E-state index in [1.54, 1.807) is 0 Å². The monoisotopic (exact) mass is 441 g/mol. The Morgan fingerprint density at radius 3 is 2.54 bits per heavy atom. The number of hydrogen-bond acceptors (Lipinski definition) is 1. The molecule has 0 saturated carbocycles. The van der Waals surface area contributed by atoms with Crippen LogP contribution in [-0.4, -0.2) is 4.98 Å². The van der Waals surface area contributed by atoms with E-state index >= 15 is 0 Å². The van der Waals surface area contributed by atoms with Crippen LogP contribution in [0.3, 0.4) is 0 Å². The molecular weight excluding hydrogens is 425 g/mol. The topological polar surface area (TPSA) is 12.9 Å². The van der Waals surface area contributed by atoms with Gasteiger partial charge in [0.05, 0.1) is 0 Å². The van der Waals surface area contributed by atoms with Crippen LogP contribution < -0.4 is 4.43 Å². The van der Waals surface area contributed by atoms with Crippen molar-refractivity contribution in [1.82, 2.24) is 4.98 Å². The number of allylic oxidation sites excluding steroid dienone is 4. The van der Waals surface area contributed by atoms with E-state index in [-0.39, 0.29) is 24.8 Å². The Labute approximate surface area is 177 Å². The SMILES string of the molecule is Cl.Cl.Clc1ccc(CC2=CC[C]([Cr][c]3cccc4cccnc34)=C2)cc1. The Bertz CT molecular complexity index is 944. The second-order valence-electron chi connectivity index (χ2n) is 5.83. The third-order valence-electron chi connectivity index (χ3n) is 4.07. The molecule has 26 heavy (non-hydrogen) atoms. The van der Waals surface area contributed by atoms with Crippen molar-refractivity contribution in [3.8, 4) is 0 Å². The van der Waals surface area contributed by atoms with Gasteiger partial charge in [-0.2, -0.15) is 0 Å². The number of fused-ring (bicyclic) bond motifs is 1. The first-order valence-electron chi connectivity index (χ1n) is 7.93. The molecule has 4 rings (SSSR count). The van der Waals surface area contributed by atoms with Crippen molar-refractivity contribution in [3.63, 3.8) is 0 Å². The van der Waals surface area contributed by atoms with Crippen LogP contribution in [0.2, 0.25) is 5.02 Å². The van der Waals surface area contributed by atoms with Crippen molar-refractivity contribution in [1.29, 1.82) is 0 Å². The third kappa shape index (κ3) is 4.92. The van der Waals surface area contributed by atoms with Gasteiger partial charge in [-0.15, -0.1) is 24.8 Å². The molecule has 3 aromatic rings. The molecule has 0 atom stereocenters. The Morgan fingerprint density at radius 1 is 0.962 bits per heavy atom. The van der Waals surface area contributed by atoms with Crippen LogP contribution in [0, 0.1) is 0 Å². The van der Waals surface area contributed by atoms with Crippen molar-refractivity contribution < 1.29 is 15.2 Å². The molecule has 1 heterocycles. The Morgan fingerprint density at radius 2 is 1.73 bits per heavy atom. The van der Waals surface area contributed by atoms with Crippen molar-refractivity contribution in [2.75, 3.05) is 0 Å². The van der Waals surface area contributed by atoms with Gasteiger partial charge in [0.1, 0.15) is 0 Å². The van der Waals surface area contributed by atoms with Gasteiger partial charge in [0.15, 0.2) is 0 Å². The fourth-order valence-electron chi connectivity index (χ4n) is 2.89. The average molecular weight is 443 g/mol. The van der Waals surface area contributed by atoms with E-state index in [9.17, 15) is 0 Å². The normalized spacial score (nSPS) is 12.8. The average Bonchev–Trinajstić information content (AvgIpc) is 3.04. The number of nitrogens with zero attached hydrogens (tertiary/aromatic N) is 1. The Kier molecular flexibility index (Phi) is 7.77. The van der Waals surface area contributed by atoms with Crippen LogP contribution in [0.5, 0.6) is 0 Å². The van der Waals surface area contributed by atoms with Crippen molar-refractivity contribution >= 4 is 51.7 Å². The summed E-state index contributed by atoms with van der Waals surface area (Å²) in [6, 6.07) is 18.8. The molecule has 0 amide bonds. The van der Waals surface area contributed by atoms with Crippen molar-refractivity contribution in [3.05, 3.63) is 93.5 Å². The number of para-hydroxylation sites is 1. The molecule has 0 N–H and O–H groups in total. The van der Waals surface area contributed by atoms with Crippen LogP contribution in [0.15, 0.2) is 83.0 Å². The van der Waals surface area contributed by atoms with Crippen LogP contribution in [-0.2, 0) is 21.6 Å². The van der Waals surface area contributed by atoms with Gasteiger partial charge in [0.2, 0.25) is 0 Å².